The van der Waals surface area contributed by atoms with Crippen molar-refractivity contribution in [2.45, 2.75) is 109 Å². The standard InChI is InChI=1S/C21H41NO5/c1-3-5-7-8-9-10-11-12-13-15-19(25)21(27)22-17(16-23)20(26)18(24)14-6-4-2/h8-9,17-20,23-26H,3-7,10-16H2,1-2H3,(H,22,27)/b9-8-. The number of allylic oxidation sites excluding steroid dienone is 2. The van der Waals surface area contributed by atoms with E-state index < -0.39 is 36.9 Å². The molecule has 0 heterocycles. The third-order valence-corrected chi connectivity index (χ3v) is 4.73. The average molecular weight is 388 g/mol. The average Bonchev–Trinajstić information content (AvgIpc) is 2.67. The summed E-state index contributed by atoms with van der Waals surface area (Å²) in [4.78, 5) is 12.0. The molecule has 0 radical (unpaired) electrons. The summed E-state index contributed by atoms with van der Waals surface area (Å²) in [6.07, 6.45) is 10.6. The first-order valence-electron chi connectivity index (χ1n) is 10.6. The van der Waals surface area contributed by atoms with Crippen molar-refractivity contribution in [3.8, 4) is 0 Å². The highest BCUT2D eigenvalue weighted by Crippen LogP contribution is 2.10. The molecule has 0 aromatic rings. The minimum absolute atomic E-state index is 0.345. The molecule has 0 saturated carbocycles. The number of hydrogen-bond acceptors (Lipinski definition) is 5. The molecule has 6 nitrogen and oxygen atoms in total. The van der Waals surface area contributed by atoms with Crippen LogP contribution in [0.2, 0.25) is 0 Å². The van der Waals surface area contributed by atoms with E-state index in [1.54, 1.807) is 0 Å². The molecule has 6 heteroatoms. The Bertz CT molecular complexity index is 389. The predicted molar refractivity (Wildman–Crippen MR) is 108 cm³/mol. The van der Waals surface area contributed by atoms with Crippen LogP contribution in [0.15, 0.2) is 12.2 Å². The lowest BCUT2D eigenvalue weighted by Gasteiger charge is -2.27. The van der Waals surface area contributed by atoms with Gasteiger partial charge in [-0.1, -0.05) is 64.5 Å². The van der Waals surface area contributed by atoms with Crippen LogP contribution in [-0.2, 0) is 4.79 Å². The molecule has 0 aliphatic rings. The van der Waals surface area contributed by atoms with E-state index in [2.05, 4.69) is 24.4 Å². The number of carbonyl (C=O) groups is 1. The number of unbranched alkanes of at least 4 members (excludes halogenated alkanes) is 6. The Morgan fingerprint density at radius 3 is 2.11 bits per heavy atom. The van der Waals surface area contributed by atoms with E-state index in [4.69, 9.17) is 0 Å². The number of rotatable bonds is 17. The van der Waals surface area contributed by atoms with Crippen molar-refractivity contribution in [3.63, 3.8) is 0 Å². The predicted octanol–water partition coefficient (Wildman–Crippen LogP) is 2.43. The van der Waals surface area contributed by atoms with Gasteiger partial charge in [-0.2, -0.15) is 0 Å². The van der Waals surface area contributed by atoms with Crippen LogP contribution in [0, 0.1) is 0 Å². The highest BCUT2D eigenvalue weighted by molar-refractivity contribution is 5.80. The number of nitrogens with one attached hydrogen (secondary N) is 1. The Kier molecular flexibility index (Phi) is 16.6. The highest BCUT2D eigenvalue weighted by Gasteiger charge is 2.28. The van der Waals surface area contributed by atoms with Crippen LogP contribution in [0.25, 0.3) is 0 Å². The van der Waals surface area contributed by atoms with E-state index in [9.17, 15) is 25.2 Å². The fourth-order valence-corrected chi connectivity index (χ4v) is 2.84. The second-order valence-electron chi connectivity index (χ2n) is 7.27. The van der Waals surface area contributed by atoms with Gasteiger partial charge >= 0.3 is 0 Å². The lowest BCUT2D eigenvalue weighted by atomic mass is 10.0. The van der Waals surface area contributed by atoms with Crippen molar-refractivity contribution in [2.75, 3.05) is 6.61 Å². The van der Waals surface area contributed by atoms with Crippen LogP contribution >= 0.6 is 0 Å². The maximum atomic E-state index is 12.0. The molecule has 0 aliphatic heterocycles. The van der Waals surface area contributed by atoms with Crippen LogP contribution in [0.1, 0.15) is 84.5 Å². The monoisotopic (exact) mass is 387 g/mol. The first-order valence-corrected chi connectivity index (χ1v) is 10.6. The molecule has 5 N–H and O–H groups in total. The molecular weight excluding hydrogens is 346 g/mol. The van der Waals surface area contributed by atoms with Gasteiger partial charge < -0.3 is 25.7 Å². The smallest absolute Gasteiger partial charge is 0.249 e. The Hall–Kier alpha value is -0.950. The van der Waals surface area contributed by atoms with E-state index in [1.807, 2.05) is 6.92 Å². The zero-order valence-corrected chi connectivity index (χ0v) is 17.1. The minimum atomic E-state index is -1.25. The second-order valence-corrected chi connectivity index (χ2v) is 7.27. The summed E-state index contributed by atoms with van der Waals surface area (Å²) in [5.74, 6) is -0.616. The van der Waals surface area contributed by atoms with Crippen molar-refractivity contribution >= 4 is 5.91 Å². The molecule has 4 atom stereocenters. The normalized spacial score (nSPS) is 16.2. The summed E-state index contributed by atoms with van der Waals surface area (Å²) >= 11 is 0. The van der Waals surface area contributed by atoms with Crippen LogP contribution in [0.5, 0.6) is 0 Å². The summed E-state index contributed by atoms with van der Waals surface area (Å²) in [5.41, 5.74) is 0. The van der Waals surface area contributed by atoms with Gasteiger partial charge in [0.1, 0.15) is 12.2 Å². The Labute approximate surface area is 164 Å². The molecule has 0 spiro atoms. The first-order chi connectivity index (χ1) is 13.0. The van der Waals surface area contributed by atoms with E-state index >= 15 is 0 Å². The largest absolute Gasteiger partial charge is 0.394 e. The summed E-state index contributed by atoms with van der Waals surface area (Å²) in [6, 6.07) is -0.979. The van der Waals surface area contributed by atoms with Gasteiger partial charge in [0.2, 0.25) is 5.91 Å². The third kappa shape index (κ3) is 13.0. The number of amides is 1. The molecule has 160 valence electrons. The number of aliphatic hydroxyl groups is 4. The molecule has 0 aromatic heterocycles. The zero-order chi connectivity index (χ0) is 20.5. The van der Waals surface area contributed by atoms with Crippen molar-refractivity contribution in [2.24, 2.45) is 0 Å². The molecule has 0 saturated heterocycles. The van der Waals surface area contributed by atoms with Gasteiger partial charge in [-0.15, -0.1) is 0 Å². The van der Waals surface area contributed by atoms with Crippen molar-refractivity contribution in [1.82, 2.24) is 5.32 Å². The maximum absolute atomic E-state index is 12.0. The summed E-state index contributed by atoms with van der Waals surface area (Å²) in [5, 5.41) is 41.8. The molecule has 0 aromatic carbocycles. The lowest BCUT2D eigenvalue weighted by molar-refractivity contribution is -0.132. The fraction of sp³-hybridized carbons (Fsp3) is 0.857. The van der Waals surface area contributed by atoms with E-state index in [0.29, 0.717) is 12.8 Å². The SMILES string of the molecule is CCCC/C=C\CCCCCC(O)C(=O)NC(CO)C(O)C(O)CCCC. The van der Waals surface area contributed by atoms with Gasteiger partial charge in [0, 0.05) is 0 Å². The molecule has 0 fully saturated rings. The summed E-state index contributed by atoms with van der Waals surface area (Å²) in [6.45, 7) is 3.66. The Balaban J connectivity index is 4.05. The highest BCUT2D eigenvalue weighted by atomic mass is 16.3. The Morgan fingerprint density at radius 2 is 1.52 bits per heavy atom. The minimum Gasteiger partial charge on any atom is -0.394 e. The van der Waals surface area contributed by atoms with Crippen LogP contribution in [0.4, 0.5) is 0 Å². The zero-order valence-electron chi connectivity index (χ0n) is 17.1. The number of hydrogen-bond donors (Lipinski definition) is 5. The molecule has 0 rings (SSSR count). The van der Waals surface area contributed by atoms with Gasteiger partial charge in [0.15, 0.2) is 0 Å². The summed E-state index contributed by atoms with van der Waals surface area (Å²) in [7, 11) is 0. The topological polar surface area (TPSA) is 110 Å². The second kappa shape index (κ2) is 17.2. The van der Waals surface area contributed by atoms with Gasteiger partial charge in [-0.05, 0) is 32.1 Å². The number of carbonyl (C=O) groups excluding carboxylic acids is 1. The quantitative estimate of drug-likeness (QED) is 0.194. The van der Waals surface area contributed by atoms with Crippen molar-refractivity contribution in [1.29, 1.82) is 0 Å². The fourth-order valence-electron chi connectivity index (χ4n) is 2.84. The maximum Gasteiger partial charge on any atom is 0.249 e. The van der Waals surface area contributed by atoms with Crippen molar-refractivity contribution < 1.29 is 25.2 Å². The molecule has 4 unspecified atom stereocenters. The lowest BCUT2D eigenvalue weighted by Crippen LogP contribution is -2.53. The van der Waals surface area contributed by atoms with Crippen LogP contribution < -0.4 is 5.32 Å². The first kappa shape index (κ1) is 26.1. The molecule has 27 heavy (non-hydrogen) atoms. The molecular formula is C21H41NO5. The molecule has 1 amide bonds. The number of aliphatic hydroxyl groups excluding tert-OH is 4. The molecule has 0 aliphatic carbocycles. The van der Waals surface area contributed by atoms with Crippen LogP contribution in [0.3, 0.4) is 0 Å². The van der Waals surface area contributed by atoms with Gasteiger partial charge in [-0.3, -0.25) is 4.79 Å². The summed E-state index contributed by atoms with van der Waals surface area (Å²) < 4.78 is 0. The Morgan fingerprint density at radius 1 is 0.889 bits per heavy atom. The molecule has 0 bridgehead atoms. The van der Waals surface area contributed by atoms with Crippen molar-refractivity contribution in [3.05, 3.63) is 12.2 Å². The van der Waals surface area contributed by atoms with Crippen LogP contribution in [-0.4, -0.2) is 57.3 Å². The van der Waals surface area contributed by atoms with Gasteiger partial charge in [0.05, 0.1) is 18.8 Å². The van der Waals surface area contributed by atoms with E-state index in [1.165, 1.54) is 12.8 Å². The third-order valence-electron chi connectivity index (χ3n) is 4.73. The van der Waals surface area contributed by atoms with E-state index in [-0.39, 0.29) is 0 Å². The van der Waals surface area contributed by atoms with Gasteiger partial charge in [0.25, 0.3) is 0 Å². The van der Waals surface area contributed by atoms with Gasteiger partial charge in [-0.25, -0.2) is 0 Å². The van der Waals surface area contributed by atoms with E-state index in [0.717, 1.165) is 44.9 Å².